The monoisotopic (exact) mass is 563 g/mol. The highest BCUT2D eigenvalue weighted by atomic mass is 28.4. The van der Waals surface area contributed by atoms with E-state index in [4.69, 9.17) is 18.0 Å². The van der Waals surface area contributed by atoms with Crippen molar-refractivity contribution >= 4 is 19.4 Å². The van der Waals surface area contributed by atoms with Crippen LogP contribution in [0.15, 0.2) is 80.5 Å². The molecule has 0 radical (unpaired) electrons. The van der Waals surface area contributed by atoms with Crippen molar-refractivity contribution in [2.45, 2.75) is 64.3 Å². The Morgan fingerprint density at radius 1 is 1.18 bits per heavy atom. The molecule has 40 heavy (non-hydrogen) atoms. The summed E-state index contributed by atoms with van der Waals surface area (Å²) in [5, 5.41) is 0.772. The van der Waals surface area contributed by atoms with Crippen LogP contribution in [0.2, 0.25) is 18.1 Å². The molecule has 0 aliphatic heterocycles. The van der Waals surface area contributed by atoms with E-state index in [-0.39, 0.29) is 28.6 Å². The van der Waals surface area contributed by atoms with Gasteiger partial charge in [-0.05, 0) is 74.0 Å². The Kier molecular flexibility index (Phi) is 7.41. The molecule has 0 saturated carbocycles. The van der Waals surface area contributed by atoms with E-state index in [1.54, 1.807) is 18.3 Å². The zero-order chi connectivity index (χ0) is 28.7. The minimum atomic E-state index is -1.89. The molecule has 0 bridgehead atoms. The van der Waals surface area contributed by atoms with E-state index in [2.05, 4.69) is 43.8 Å². The van der Waals surface area contributed by atoms with Crippen molar-refractivity contribution in [1.29, 1.82) is 0 Å². The highest BCUT2D eigenvalue weighted by Crippen LogP contribution is 2.38. The van der Waals surface area contributed by atoms with E-state index in [0.717, 1.165) is 0 Å². The third kappa shape index (κ3) is 5.73. The molecule has 8 nitrogen and oxygen atoms in total. The molecule has 0 amide bonds. The Morgan fingerprint density at radius 2 is 1.93 bits per heavy atom. The Hall–Kier alpha value is -3.76. The van der Waals surface area contributed by atoms with E-state index in [9.17, 15) is 9.18 Å². The van der Waals surface area contributed by atoms with Crippen LogP contribution in [0.25, 0.3) is 28.4 Å². The number of allylic oxidation sites excluding steroid dienone is 4. The van der Waals surface area contributed by atoms with Crippen LogP contribution < -0.4 is 10.4 Å². The molecule has 0 N–H and O–H groups in total. The maximum Gasteiger partial charge on any atom is 0.356 e. The number of oxazole rings is 1. The Bertz CT molecular complexity index is 1630. The van der Waals surface area contributed by atoms with E-state index < -0.39 is 14.0 Å². The molecule has 0 spiro atoms. The van der Waals surface area contributed by atoms with Gasteiger partial charge in [-0.3, -0.25) is 0 Å². The lowest BCUT2D eigenvalue weighted by atomic mass is 9.97. The Balaban J connectivity index is 1.39. The van der Waals surface area contributed by atoms with Crippen molar-refractivity contribution in [3.05, 3.63) is 83.1 Å². The number of halogens is 1. The number of rotatable bonds is 8. The average molecular weight is 564 g/mol. The first-order chi connectivity index (χ1) is 18.9. The summed E-state index contributed by atoms with van der Waals surface area (Å²) in [6, 6.07) is 9.12. The van der Waals surface area contributed by atoms with Crippen LogP contribution in [-0.2, 0) is 4.43 Å². The number of fused-ring (bicyclic) bond motifs is 1. The quantitative estimate of drug-likeness (QED) is 0.207. The van der Waals surface area contributed by atoms with Crippen molar-refractivity contribution in [2.75, 3.05) is 6.61 Å². The zero-order valence-electron chi connectivity index (χ0n) is 23.6. The van der Waals surface area contributed by atoms with E-state index in [0.29, 0.717) is 47.2 Å². The second kappa shape index (κ2) is 10.7. The summed E-state index contributed by atoms with van der Waals surface area (Å²) in [6.45, 7) is 13.6. The van der Waals surface area contributed by atoms with Gasteiger partial charge in [0.25, 0.3) is 0 Å². The van der Waals surface area contributed by atoms with Crippen molar-refractivity contribution in [3.63, 3.8) is 0 Å². The summed E-state index contributed by atoms with van der Waals surface area (Å²) < 4.78 is 38.9. The molecule has 0 fully saturated rings. The fourth-order valence-corrected chi connectivity index (χ4v) is 5.69. The summed E-state index contributed by atoms with van der Waals surface area (Å²) in [6.07, 6.45) is 8.01. The lowest BCUT2D eigenvalue weighted by Crippen LogP contribution is -2.44. The van der Waals surface area contributed by atoms with Crippen LogP contribution in [0.4, 0.5) is 4.39 Å². The Morgan fingerprint density at radius 3 is 2.60 bits per heavy atom. The molecular formula is C30H34FN3O5Si. The molecule has 4 aromatic rings. The van der Waals surface area contributed by atoms with Gasteiger partial charge >= 0.3 is 5.69 Å². The summed E-state index contributed by atoms with van der Waals surface area (Å²) in [5.74, 6) is 1.16. The van der Waals surface area contributed by atoms with Gasteiger partial charge in [-0.2, -0.15) is 9.97 Å². The first-order valence-corrected chi connectivity index (χ1v) is 16.2. The van der Waals surface area contributed by atoms with Crippen LogP contribution in [0.5, 0.6) is 5.75 Å². The van der Waals surface area contributed by atoms with E-state index in [1.807, 2.05) is 31.2 Å². The van der Waals surface area contributed by atoms with Gasteiger partial charge in [0, 0.05) is 17.7 Å². The maximum absolute atomic E-state index is 13.7. The van der Waals surface area contributed by atoms with Gasteiger partial charge in [0.05, 0.1) is 17.8 Å². The van der Waals surface area contributed by atoms with Crippen molar-refractivity contribution in [2.24, 2.45) is 0 Å². The van der Waals surface area contributed by atoms with Crippen molar-refractivity contribution < 1.29 is 22.4 Å². The van der Waals surface area contributed by atoms with Crippen molar-refractivity contribution in [3.8, 4) is 23.0 Å². The minimum absolute atomic E-state index is 0.0423. The molecule has 3 heterocycles. The van der Waals surface area contributed by atoms with Gasteiger partial charge in [0.1, 0.15) is 18.2 Å². The first-order valence-electron chi connectivity index (χ1n) is 13.3. The smallest absolute Gasteiger partial charge is 0.356 e. The fourth-order valence-electron chi connectivity index (χ4n) is 4.26. The number of ether oxygens (including phenoxy) is 1. The zero-order valence-corrected chi connectivity index (χ0v) is 24.6. The van der Waals surface area contributed by atoms with Crippen LogP contribution in [0.3, 0.4) is 0 Å². The number of aromatic nitrogens is 3. The first kappa shape index (κ1) is 27.8. The van der Waals surface area contributed by atoms with Gasteiger partial charge in [-0.1, -0.05) is 26.8 Å². The standard InChI is InChI=1S/C30H34FN3O5Si/c1-19(39-40(5,6)30(2,3)4)18-37-24-13-9-21(10-14-24)28-32-26(25(38-28)20-7-11-23(31)12-8-20)34-17-22-15-16-36-27(22)33-29(34)35/h7,9-17,19-20H,8,18H2,1-6H3. The topological polar surface area (TPSA) is 92.5 Å². The normalized spacial score (nSPS) is 16.8. The van der Waals surface area contributed by atoms with E-state index in [1.165, 1.54) is 23.0 Å². The summed E-state index contributed by atoms with van der Waals surface area (Å²) in [5.41, 5.74) is 0.397. The number of furan rings is 1. The van der Waals surface area contributed by atoms with Crippen LogP contribution in [0.1, 0.15) is 45.8 Å². The van der Waals surface area contributed by atoms with Gasteiger partial charge in [-0.25, -0.2) is 13.8 Å². The van der Waals surface area contributed by atoms with Crippen LogP contribution in [0, 0.1) is 0 Å². The average Bonchev–Trinajstić information content (AvgIpc) is 3.54. The number of hydrogen-bond donors (Lipinski definition) is 0. The molecule has 2 unspecified atom stereocenters. The molecule has 5 rings (SSSR count). The predicted molar refractivity (Wildman–Crippen MR) is 154 cm³/mol. The molecule has 10 heteroatoms. The second-order valence-corrected chi connectivity index (χ2v) is 16.4. The summed E-state index contributed by atoms with van der Waals surface area (Å²) in [4.78, 5) is 21.6. The molecule has 1 aliphatic rings. The largest absolute Gasteiger partial charge is 0.491 e. The highest BCUT2D eigenvalue weighted by Gasteiger charge is 2.38. The van der Waals surface area contributed by atoms with Gasteiger partial charge in [0.2, 0.25) is 11.6 Å². The molecule has 1 aliphatic carbocycles. The molecule has 3 aromatic heterocycles. The van der Waals surface area contributed by atoms with Gasteiger partial charge in [-0.15, -0.1) is 0 Å². The SMILES string of the molecule is CC(COc1ccc(-c2nc(-n3cc4ccoc4nc3=O)c(C3C=CC(F)=CC3)o2)cc1)O[Si](C)(C)C(C)(C)C. The van der Waals surface area contributed by atoms with Crippen molar-refractivity contribution in [1.82, 2.24) is 14.5 Å². The van der Waals surface area contributed by atoms with E-state index >= 15 is 0 Å². The third-order valence-corrected chi connectivity index (χ3v) is 12.1. The Labute approximate surface area is 233 Å². The molecular weight excluding hydrogens is 529 g/mol. The summed E-state index contributed by atoms with van der Waals surface area (Å²) in [7, 11) is -1.89. The maximum atomic E-state index is 13.7. The predicted octanol–water partition coefficient (Wildman–Crippen LogP) is 7.32. The molecule has 210 valence electrons. The number of benzene rings is 1. The second-order valence-electron chi connectivity index (χ2n) is 11.6. The number of nitrogens with zero attached hydrogens (tertiary/aromatic N) is 3. The van der Waals surface area contributed by atoms with Crippen LogP contribution >= 0.6 is 0 Å². The third-order valence-electron chi connectivity index (χ3n) is 7.49. The molecule has 2 atom stereocenters. The van der Waals surface area contributed by atoms with Crippen LogP contribution in [-0.4, -0.2) is 35.6 Å². The fraction of sp³-hybridized carbons (Fsp3) is 0.367. The highest BCUT2D eigenvalue weighted by molar-refractivity contribution is 6.74. The van der Waals surface area contributed by atoms with Gasteiger partial charge in [0.15, 0.2) is 19.9 Å². The number of hydrogen-bond acceptors (Lipinski definition) is 7. The molecule has 1 aromatic carbocycles. The minimum Gasteiger partial charge on any atom is -0.491 e. The lowest BCUT2D eigenvalue weighted by molar-refractivity contribution is 0.129. The van der Waals surface area contributed by atoms with Gasteiger partial charge < -0.3 is 18.0 Å². The molecule has 0 saturated heterocycles. The summed E-state index contributed by atoms with van der Waals surface area (Å²) >= 11 is 0. The lowest BCUT2D eigenvalue weighted by Gasteiger charge is -2.38.